The van der Waals surface area contributed by atoms with E-state index >= 15 is 0 Å². The zero-order valence-corrected chi connectivity index (χ0v) is 10.5. The smallest absolute Gasteiger partial charge is 0.0120 e. The van der Waals surface area contributed by atoms with Gasteiger partial charge in [0.25, 0.3) is 0 Å². The van der Waals surface area contributed by atoms with E-state index in [9.17, 15) is 0 Å². The van der Waals surface area contributed by atoms with Crippen molar-refractivity contribution in [3.05, 3.63) is 0 Å². The lowest BCUT2D eigenvalue weighted by Crippen LogP contribution is -2.63. The molecule has 3 heterocycles. The van der Waals surface area contributed by atoms with Crippen LogP contribution in [0.25, 0.3) is 0 Å². The Balaban J connectivity index is 1.49. The lowest BCUT2D eigenvalue weighted by Gasteiger charge is -2.57. The van der Waals surface area contributed by atoms with Crippen molar-refractivity contribution in [2.45, 2.75) is 31.7 Å². The second-order valence-corrected chi connectivity index (χ2v) is 6.19. The molecule has 0 saturated carbocycles. The minimum atomic E-state index is 0.720. The SMILES string of the molecule is CN1CCC2(CC1)CN(C1CCNCC1)C2. The molecule has 0 radical (unpaired) electrons. The predicted molar refractivity (Wildman–Crippen MR) is 66.6 cm³/mol. The third kappa shape index (κ3) is 2.01. The number of hydrogen-bond acceptors (Lipinski definition) is 3. The van der Waals surface area contributed by atoms with Gasteiger partial charge in [-0.15, -0.1) is 0 Å². The van der Waals surface area contributed by atoms with E-state index in [0.29, 0.717) is 0 Å². The first kappa shape index (κ1) is 11.0. The molecule has 0 aromatic carbocycles. The van der Waals surface area contributed by atoms with Crippen molar-refractivity contribution in [1.29, 1.82) is 0 Å². The van der Waals surface area contributed by atoms with Crippen molar-refractivity contribution in [1.82, 2.24) is 15.1 Å². The lowest BCUT2D eigenvalue weighted by atomic mass is 9.71. The van der Waals surface area contributed by atoms with Crippen LogP contribution in [0.1, 0.15) is 25.7 Å². The molecule has 3 rings (SSSR count). The van der Waals surface area contributed by atoms with Crippen LogP contribution in [0.4, 0.5) is 0 Å². The zero-order chi connectivity index (χ0) is 11.0. The fraction of sp³-hybridized carbons (Fsp3) is 1.00. The minimum absolute atomic E-state index is 0.720. The van der Waals surface area contributed by atoms with Crippen molar-refractivity contribution >= 4 is 0 Å². The Hall–Kier alpha value is -0.120. The van der Waals surface area contributed by atoms with E-state index in [0.717, 1.165) is 11.5 Å². The summed E-state index contributed by atoms with van der Waals surface area (Å²) in [7, 11) is 2.26. The molecule has 3 aliphatic rings. The average molecular weight is 223 g/mol. The zero-order valence-electron chi connectivity index (χ0n) is 10.5. The fourth-order valence-electron chi connectivity index (χ4n) is 3.65. The van der Waals surface area contributed by atoms with Crippen LogP contribution in [0, 0.1) is 5.41 Å². The van der Waals surface area contributed by atoms with Crippen LogP contribution >= 0.6 is 0 Å². The molecule has 0 amide bonds. The van der Waals surface area contributed by atoms with Crippen LogP contribution in [0.3, 0.4) is 0 Å². The van der Waals surface area contributed by atoms with Crippen LogP contribution in [-0.4, -0.2) is 62.2 Å². The van der Waals surface area contributed by atoms with E-state index in [4.69, 9.17) is 0 Å². The summed E-state index contributed by atoms with van der Waals surface area (Å²) in [5.74, 6) is 0. The summed E-state index contributed by atoms with van der Waals surface area (Å²) < 4.78 is 0. The van der Waals surface area contributed by atoms with Gasteiger partial charge in [0.15, 0.2) is 0 Å². The van der Waals surface area contributed by atoms with Crippen molar-refractivity contribution in [3.8, 4) is 0 Å². The lowest BCUT2D eigenvalue weighted by molar-refractivity contribution is -0.0715. The molecule has 3 aliphatic heterocycles. The molecule has 3 heteroatoms. The summed E-state index contributed by atoms with van der Waals surface area (Å²) in [6.07, 6.45) is 5.61. The fourth-order valence-corrected chi connectivity index (χ4v) is 3.65. The van der Waals surface area contributed by atoms with Crippen molar-refractivity contribution in [2.24, 2.45) is 5.41 Å². The molecule has 1 spiro atoms. The van der Waals surface area contributed by atoms with Crippen LogP contribution in [-0.2, 0) is 0 Å². The minimum Gasteiger partial charge on any atom is -0.317 e. The van der Waals surface area contributed by atoms with E-state index in [1.165, 1.54) is 65.0 Å². The van der Waals surface area contributed by atoms with Crippen LogP contribution in [0.5, 0.6) is 0 Å². The maximum atomic E-state index is 3.46. The quantitative estimate of drug-likeness (QED) is 0.708. The molecule has 0 aliphatic carbocycles. The topological polar surface area (TPSA) is 18.5 Å². The maximum absolute atomic E-state index is 3.46. The maximum Gasteiger partial charge on any atom is 0.0120 e. The molecule has 0 aromatic rings. The first-order valence-corrected chi connectivity index (χ1v) is 6.91. The number of piperidine rings is 2. The number of nitrogens with zero attached hydrogens (tertiary/aromatic N) is 2. The molecule has 0 atom stereocenters. The third-order valence-electron chi connectivity index (χ3n) is 4.95. The number of nitrogens with one attached hydrogen (secondary N) is 1. The Morgan fingerprint density at radius 1 is 1.06 bits per heavy atom. The van der Waals surface area contributed by atoms with Gasteiger partial charge in [-0.1, -0.05) is 0 Å². The summed E-state index contributed by atoms with van der Waals surface area (Å²) in [5.41, 5.74) is 0.720. The molecule has 0 aromatic heterocycles. The largest absolute Gasteiger partial charge is 0.317 e. The molecule has 3 saturated heterocycles. The molecular formula is C13H25N3. The third-order valence-corrected chi connectivity index (χ3v) is 4.95. The van der Waals surface area contributed by atoms with E-state index in [1.807, 2.05) is 0 Å². The Morgan fingerprint density at radius 2 is 1.69 bits per heavy atom. The van der Waals surface area contributed by atoms with Gasteiger partial charge in [0.2, 0.25) is 0 Å². The number of hydrogen-bond donors (Lipinski definition) is 1. The molecule has 3 nitrogen and oxygen atoms in total. The predicted octanol–water partition coefficient (Wildman–Crippen LogP) is 0.766. The van der Waals surface area contributed by atoms with Gasteiger partial charge in [0, 0.05) is 19.1 Å². The van der Waals surface area contributed by atoms with Crippen molar-refractivity contribution in [3.63, 3.8) is 0 Å². The number of rotatable bonds is 1. The highest BCUT2D eigenvalue weighted by atomic mass is 15.3. The molecule has 0 unspecified atom stereocenters. The average Bonchev–Trinajstić information content (AvgIpc) is 2.29. The molecule has 16 heavy (non-hydrogen) atoms. The highest BCUT2D eigenvalue weighted by molar-refractivity contribution is 5.00. The first-order valence-electron chi connectivity index (χ1n) is 6.91. The second kappa shape index (κ2) is 4.28. The number of likely N-dealkylation sites (tertiary alicyclic amines) is 2. The Kier molecular flexibility index (Phi) is 2.94. The normalized spacial score (nSPS) is 32.8. The molecule has 92 valence electrons. The van der Waals surface area contributed by atoms with E-state index in [2.05, 4.69) is 22.2 Å². The second-order valence-electron chi connectivity index (χ2n) is 6.19. The summed E-state index contributed by atoms with van der Waals surface area (Å²) in [4.78, 5) is 5.24. The summed E-state index contributed by atoms with van der Waals surface area (Å²) in [6, 6.07) is 0.895. The van der Waals surface area contributed by atoms with Crippen LogP contribution < -0.4 is 5.32 Å². The van der Waals surface area contributed by atoms with Gasteiger partial charge in [0.1, 0.15) is 0 Å². The van der Waals surface area contributed by atoms with Crippen LogP contribution in [0.2, 0.25) is 0 Å². The van der Waals surface area contributed by atoms with E-state index in [1.54, 1.807) is 0 Å². The molecule has 3 fully saturated rings. The van der Waals surface area contributed by atoms with Gasteiger partial charge in [-0.05, 0) is 64.3 Å². The summed E-state index contributed by atoms with van der Waals surface area (Å²) >= 11 is 0. The van der Waals surface area contributed by atoms with E-state index in [-0.39, 0.29) is 0 Å². The highest BCUT2D eigenvalue weighted by Gasteiger charge is 2.46. The van der Waals surface area contributed by atoms with Gasteiger partial charge in [-0.2, -0.15) is 0 Å². The highest BCUT2D eigenvalue weighted by Crippen LogP contribution is 2.41. The standard InChI is InChI=1S/C13H25N3/c1-15-8-4-13(5-9-15)10-16(11-13)12-2-6-14-7-3-12/h12,14H,2-11H2,1H3. The van der Waals surface area contributed by atoms with Gasteiger partial charge >= 0.3 is 0 Å². The van der Waals surface area contributed by atoms with Gasteiger partial charge < -0.3 is 10.2 Å². The van der Waals surface area contributed by atoms with Crippen LogP contribution in [0.15, 0.2) is 0 Å². The van der Waals surface area contributed by atoms with Gasteiger partial charge in [-0.3, -0.25) is 4.90 Å². The molecular weight excluding hydrogens is 198 g/mol. The summed E-state index contributed by atoms with van der Waals surface area (Å²) in [6.45, 7) is 7.89. The van der Waals surface area contributed by atoms with Crippen molar-refractivity contribution in [2.75, 3.05) is 46.3 Å². The Bertz CT molecular complexity index is 232. The van der Waals surface area contributed by atoms with Crippen molar-refractivity contribution < 1.29 is 0 Å². The van der Waals surface area contributed by atoms with E-state index < -0.39 is 0 Å². The van der Waals surface area contributed by atoms with Gasteiger partial charge in [-0.25, -0.2) is 0 Å². The first-order chi connectivity index (χ1) is 7.77. The summed E-state index contributed by atoms with van der Waals surface area (Å²) in [5, 5.41) is 3.46. The molecule has 1 N–H and O–H groups in total. The molecule has 0 bridgehead atoms. The van der Waals surface area contributed by atoms with Gasteiger partial charge in [0.05, 0.1) is 0 Å². The Morgan fingerprint density at radius 3 is 2.31 bits per heavy atom. The Labute approximate surface area is 99.2 Å². The monoisotopic (exact) mass is 223 g/mol.